The van der Waals surface area contributed by atoms with Gasteiger partial charge in [-0.1, -0.05) is 17.7 Å². The molecule has 1 aliphatic heterocycles. The van der Waals surface area contributed by atoms with E-state index in [4.69, 9.17) is 9.84 Å². The van der Waals surface area contributed by atoms with Gasteiger partial charge in [-0.25, -0.2) is 0 Å². The van der Waals surface area contributed by atoms with Crippen LogP contribution in [0.4, 0.5) is 0 Å². The highest BCUT2D eigenvalue weighted by Crippen LogP contribution is 2.05. The average Bonchev–Trinajstić information content (AvgIpc) is 2.63. The molecule has 0 radical (unpaired) electrons. The van der Waals surface area contributed by atoms with Gasteiger partial charge in [-0.2, -0.15) is 0 Å². The summed E-state index contributed by atoms with van der Waals surface area (Å²) in [7, 11) is 0. The summed E-state index contributed by atoms with van der Waals surface area (Å²) in [6, 6.07) is 8.06. The van der Waals surface area contributed by atoms with E-state index in [2.05, 4.69) is 19.6 Å². The first-order valence-corrected chi connectivity index (χ1v) is 5.14. The molecule has 1 aromatic rings. The van der Waals surface area contributed by atoms with Gasteiger partial charge >= 0.3 is 0 Å². The highest BCUT2D eigenvalue weighted by molar-refractivity contribution is 7.80. The van der Waals surface area contributed by atoms with E-state index < -0.39 is 0 Å². The van der Waals surface area contributed by atoms with Crippen molar-refractivity contribution in [2.75, 3.05) is 13.2 Å². The zero-order chi connectivity index (χ0) is 10.4. The molecule has 0 saturated carbocycles. The molecule has 0 amide bonds. The van der Waals surface area contributed by atoms with E-state index in [-0.39, 0.29) is 6.10 Å². The Morgan fingerprint density at radius 3 is 2.29 bits per heavy atom. The third-order valence-electron chi connectivity index (χ3n) is 1.94. The van der Waals surface area contributed by atoms with Gasteiger partial charge in [-0.05, 0) is 25.5 Å². The van der Waals surface area contributed by atoms with Crippen LogP contribution in [0.5, 0.6) is 0 Å². The molecule has 1 atom stereocenters. The second kappa shape index (κ2) is 6.06. The van der Waals surface area contributed by atoms with Crippen molar-refractivity contribution in [1.29, 1.82) is 0 Å². The van der Waals surface area contributed by atoms with Crippen molar-refractivity contribution in [2.24, 2.45) is 0 Å². The number of aryl methyl sites for hydroxylation is 1. The largest absolute Gasteiger partial charge is 0.391 e. The quantitative estimate of drug-likeness (QED) is 0.645. The second-order valence-corrected chi connectivity index (χ2v) is 3.87. The lowest BCUT2D eigenvalue weighted by Crippen LogP contribution is -2.02. The lowest BCUT2D eigenvalue weighted by atomic mass is 10.2. The Morgan fingerprint density at radius 1 is 1.36 bits per heavy atom. The lowest BCUT2D eigenvalue weighted by Gasteiger charge is -1.89. The van der Waals surface area contributed by atoms with Crippen LogP contribution in [0.25, 0.3) is 0 Å². The molecule has 3 heteroatoms. The van der Waals surface area contributed by atoms with Crippen molar-refractivity contribution >= 4 is 12.6 Å². The fraction of sp³-hybridized carbons (Fsp3) is 0.455. The van der Waals surface area contributed by atoms with Crippen molar-refractivity contribution in [3.05, 3.63) is 29.8 Å². The van der Waals surface area contributed by atoms with Crippen LogP contribution in [-0.2, 0) is 4.74 Å². The molecule has 78 valence electrons. The van der Waals surface area contributed by atoms with Gasteiger partial charge in [0.15, 0.2) is 0 Å². The van der Waals surface area contributed by atoms with Gasteiger partial charge in [0.05, 0.1) is 12.7 Å². The summed E-state index contributed by atoms with van der Waals surface area (Å²) in [6.45, 7) is 3.34. The second-order valence-electron chi connectivity index (χ2n) is 3.35. The van der Waals surface area contributed by atoms with Gasteiger partial charge in [-0.15, -0.1) is 12.6 Å². The van der Waals surface area contributed by atoms with E-state index in [1.807, 2.05) is 24.3 Å². The fourth-order valence-corrected chi connectivity index (χ4v) is 1.22. The minimum absolute atomic E-state index is 0.176. The molecule has 2 rings (SSSR count). The molecule has 0 aliphatic carbocycles. The Hall–Kier alpha value is -0.510. The molecule has 1 aromatic carbocycles. The van der Waals surface area contributed by atoms with Gasteiger partial charge in [0, 0.05) is 11.5 Å². The van der Waals surface area contributed by atoms with Crippen molar-refractivity contribution in [3.8, 4) is 0 Å². The molecule has 0 spiro atoms. The topological polar surface area (TPSA) is 29.5 Å². The van der Waals surface area contributed by atoms with E-state index in [0.717, 1.165) is 17.9 Å². The Balaban J connectivity index is 0.000000146. The molecule has 1 heterocycles. The van der Waals surface area contributed by atoms with E-state index in [9.17, 15) is 0 Å². The summed E-state index contributed by atoms with van der Waals surface area (Å²) in [5.41, 5.74) is 1.28. The summed E-state index contributed by atoms with van der Waals surface area (Å²) in [5.74, 6) is 0. The maximum absolute atomic E-state index is 8.60. The van der Waals surface area contributed by atoms with Crippen LogP contribution in [0, 0.1) is 6.92 Å². The third-order valence-corrected chi connectivity index (χ3v) is 2.24. The van der Waals surface area contributed by atoms with Gasteiger partial charge < -0.3 is 9.84 Å². The predicted molar refractivity (Wildman–Crippen MR) is 59.9 cm³/mol. The van der Waals surface area contributed by atoms with Crippen molar-refractivity contribution < 1.29 is 9.84 Å². The summed E-state index contributed by atoms with van der Waals surface area (Å²) in [4.78, 5) is 1.02. The van der Waals surface area contributed by atoms with E-state index in [1.54, 1.807) is 0 Å². The average molecular weight is 212 g/mol. The zero-order valence-corrected chi connectivity index (χ0v) is 9.21. The first-order chi connectivity index (χ1) is 6.68. The lowest BCUT2D eigenvalue weighted by molar-refractivity contribution is 0.127. The molecule has 1 unspecified atom stereocenters. The van der Waals surface area contributed by atoms with Crippen LogP contribution in [0.3, 0.4) is 0 Å². The maximum atomic E-state index is 8.60. The summed E-state index contributed by atoms with van der Waals surface area (Å²) in [6.07, 6.45) is 0.644. The Labute approximate surface area is 90.3 Å². The van der Waals surface area contributed by atoms with Crippen LogP contribution in [0.2, 0.25) is 0 Å². The Kier molecular flexibility index (Phi) is 5.01. The number of aliphatic hydroxyl groups is 1. The zero-order valence-electron chi connectivity index (χ0n) is 8.31. The van der Waals surface area contributed by atoms with Crippen LogP contribution in [-0.4, -0.2) is 24.4 Å². The van der Waals surface area contributed by atoms with Gasteiger partial charge in [0.1, 0.15) is 0 Å². The van der Waals surface area contributed by atoms with Crippen molar-refractivity contribution in [1.82, 2.24) is 0 Å². The van der Waals surface area contributed by atoms with Gasteiger partial charge in [0.2, 0.25) is 0 Å². The number of hydrogen-bond acceptors (Lipinski definition) is 3. The third kappa shape index (κ3) is 4.65. The Morgan fingerprint density at radius 2 is 2.00 bits per heavy atom. The number of thiol groups is 1. The number of aliphatic hydroxyl groups excluding tert-OH is 1. The van der Waals surface area contributed by atoms with Gasteiger partial charge in [0.25, 0.3) is 0 Å². The van der Waals surface area contributed by atoms with E-state index >= 15 is 0 Å². The SMILES string of the molecule is Cc1ccc(S)cc1.OC1CCOC1. The van der Waals surface area contributed by atoms with Crippen LogP contribution in [0.1, 0.15) is 12.0 Å². The first kappa shape index (κ1) is 11.6. The maximum Gasteiger partial charge on any atom is 0.0795 e. The van der Waals surface area contributed by atoms with E-state index in [1.165, 1.54) is 5.56 Å². The summed E-state index contributed by atoms with van der Waals surface area (Å²) < 4.78 is 4.81. The predicted octanol–water partition coefficient (Wildman–Crippen LogP) is 2.05. The molecule has 0 bridgehead atoms. The van der Waals surface area contributed by atoms with Crippen molar-refractivity contribution in [2.45, 2.75) is 24.3 Å². The first-order valence-electron chi connectivity index (χ1n) is 4.70. The molecule has 1 saturated heterocycles. The summed E-state index contributed by atoms with van der Waals surface area (Å²) in [5, 5.41) is 8.60. The highest BCUT2D eigenvalue weighted by atomic mass is 32.1. The molecule has 1 aliphatic rings. The smallest absolute Gasteiger partial charge is 0.0795 e. The molecule has 14 heavy (non-hydrogen) atoms. The highest BCUT2D eigenvalue weighted by Gasteiger charge is 2.09. The molecule has 2 nitrogen and oxygen atoms in total. The number of ether oxygens (including phenoxy) is 1. The number of benzene rings is 1. The number of hydrogen-bond donors (Lipinski definition) is 2. The summed E-state index contributed by atoms with van der Waals surface area (Å²) >= 11 is 4.13. The van der Waals surface area contributed by atoms with E-state index in [0.29, 0.717) is 6.61 Å². The number of rotatable bonds is 0. The van der Waals surface area contributed by atoms with Crippen molar-refractivity contribution in [3.63, 3.8) is 0 Å². The molecule has 1 fully saturated rings. The molecular formula is C11H16O2S. The van der Waals surface area contributed by atoms with Crippen LogP contribution < -0.4 is 0 Å². The van der Waals surface area contributed by atoms with Crippen LogP contribution >= 0.6 is 12.6 Å². The minimum atomic E-state index is -0.176. The molecule has 1 N–H and O–H groups in total. The van der Waals surface area contributed by atoms with Crippen LogP contribution in [0.15, 0.2) is 29.2 Å². The minimum Gasteiger partial charge on any atom is -0.391 e. The fourth-order valence-electron chi connectivity index (χ4n) is 1.07. The molecule has 0 aromatic heterocycles. The standard InChI is InChI=1S/C7H8S.C4H8O2/c1-6-2-4-7(8)5-3-6;5-4-1-2-6-3-4/h2-5,8H,1H3;4-5H,1-3H2. The van der Waals surface area contributed by atoms with Gasteiger partial charge in [-0.3, -0.25) is 0 Å². The normalized spacial score (nSPS) is 20.1. The molecular weight excluding hydrogens is 196 g/mol. The Bertz CT molecular complexity index is 231. The monoisotopic (exact) mass is 212 g/mol.